The second kappa shape index (κ2) is 10.9. The van der Waals surface area contributed by atoms with Gasteiger partial charge >= 0.3 is 6.09 Å². The average molecular weight is 482 g/mol. The summed E-state index contributed by atoms with van der Waals surface area (Å²) in [5.74, 6) is -0.894. The number of ether oxygens (including phenoxy) is 1. The van der Waals surface area contributed by atoms with E-state index in [2.05, 4.69) is 10.6 Å². The van der Waals surface area contributed by atoms with Crippen LogP contribution >= 0.6 is 0 Å². The Bertz CT molecular complexity index is 1040. The Balaban J connectivity index is 1.94. The van der Waals surface area contributed by atoms with Crippen molar-refractivity contribution in [1.82, 2.24) is 10.2 Å². The lowest BCUT2D eigenvalue weighted by Crippen LogP contribution is -2.54. The Morgan fingerprint density at radius 2 is 1.63 bits per heavy atom. The number of amides is 3. The van der Waals surface area contributed by atoms with Crippen molar-refractivity contribution in [1.29, 1.82) is 0 Å². The summed E-state index contributed by atoms with van der Waals surface area (Å²) in [4.78, 5) is 41.2. The Morgan fingerprint density at radius 3 is 2.14 bits per heavy atom. The molecule has 2 unspecified atom stereocenters. The molecule has 0 aliphatic heterocycles. The molecule has 1 aliphatic carbocycles. The predicted molar refractivity (Wildman–Crippen MR) is 134 cm³/mol. The van der Waals surface area contributed by atoms with Crippen molar-refractivity contribution in [3.63, 3.8) is 0 Å². The monoisotopic (exact) mass is 481 g/mol. The van der Waals surface area contributed by atoms with E-state index in [-0.39, 0.29) is 11.9 Å². The van der Waals surface area contributed by atoms with Crippen molar-refractivity contribution in [2.75, 3.05) is 11.9 Å². The van der Waals surface area contributed by atoms with Gasteiger partial charge in [-0.05, 0) is 64.2 Å². The second-order valence-corrected chi connectivity index (χ2v) is 9.93. The topological polar surface area (TPSA) is 108 Å². The first kappa shape index (κ1) is 26.2. The minimum atomic E-state index is -1.25. The molecule has 0 spiro atoms. The fourth-order valence-corrected chi connectivity index (χ4v) is 3.96. The molecule has 3 amide bonds. The normalized spacial score (nSPS) is 15.0. The van der Waals surface area contributed by atoms with Crippen molar-refractivity contribution in [3.8, 4) is 0 Å². The summed E-state index contributed by atoms with van der Waals surface area (Å²) in [6.45, 7) is 8.33. The lowest BCUT2D eigenvalue weighted by atomic mass is 10.0. The summed E-state index contributed by atoms with van der Waals surface area (Å²) in [5.41, 5.74) is 2.41. The number of para-hydroxylation sites is 1. The lowest BCUT2D eigenvalue weighted by Gasteiger charge is -2.34. The van der Waals surface area contributed by atoms with Gasteiger partial charge in [-0.2, -0.15) is 0 Å². The van der Waals surface area contributed by atoms with Gasteiger partial charge in [-0.25, -0.2) is 4.79 Å². The molecule has 3 rings (SSSR count). The summed E-state index contributed by atoms with van der Waals surface area (Å²) in [7, 11) is 0. The third-order valence-corrected chi connectivity index (χ3v) is 5.74. The summed E-state index contributed by atoms with van der Waals surface area (Å²) in [5, 5.41) is 15.5. The zero-order valence-electron chi connectivity index (χ0n) is 21.0. The van der Waals surface area contributed by atoms with Crippen LogP contribution in [0.1, 0.15) is 56.3 Å². The van der Waals surface area contributed by atoms with Gasteiger partial charge < -0.3 is 25.4 Å². The fraction of sp³-hybridized carbons (Fsp3) is 0.444. The van der Waals surface area contributed by atoms with Crippen LogP contribution in [0.5, 0.6) is 0 Å². The number of aliphatic hydroxyl groups excluding tert-OH is 1. The molecule has 2 aromatic carbocycles. The van der Waals surface area contributed by atoms with Crippen LogP contribution < -0.4 is 10.6 Å². The molecule has 188 valence electrons. The molecular weight excluding hydrogens is 446 g/mol. The summed E-state index contributed by atoms with van der Waals surface area (Å²) in [6.07, 6.45) is 0.657. The molecule has 8 nitrogen and oxygen atoms in total. The molecule has 35 heavy (non-hydrogen) atoms. The molecule has 0 radical (unpaired) electrons. The summed E-state index contributed by atoms with van der Waals surface area (Å²) >= 11 is 0. The maximum absolute atomic E-state index is 13.7. The number of aryl methyl sites for hydroxylation is 2. The Hall–Kier alpha value is -3.39. The van der Waals surface area contributed by atoms with Gasteiger partial charge in [0.2, 0.25) is 5.91 Å². The van der Waals surface area contributed by atoms with Crippen molar-refractivity contribution in [3.05, 3.63) is 65.2 Å². The van der Waals surface area contributed by atoms with Crippen LogP contribution in [0, 0.1) is 13.8 Å². The molecule has 1 aliphatic rings. The maximum Gasteiger partial charge on any atom is 0.408 e. The number of anilines is 1. The average Bonchev–Trinajstić information content (AvgIpc) is 3.62. The Morgan fingerprint density at radius 1 is 1.03 bits per heavy atom. The number of nitrogens with one attached hydrogen (secondary N) is 2. The minimum absolute atomic E-state index is 0.175. The van der Waals surface area contributed by atoms with E-state index in [1.54, 1.807) is 32.9 Å². The molecule has 1 saturated carbocycles. The van der Waals surface area contributed by atoms with Crippen LogP contribution in [0.25, 0.3) is 0 Å². The zero-order valence-corrected chi connectivity index (χ0v) is 21.0. The molecule has 0 aromatic heterocycles. The fourth-order valence-electron chi connectivity index (χ4n) is 3.96. The molecule has 1 fully saturated rings. The third kappa shape index (κ3) is 6.82. The molecule has 0 bridgehead atoms. The summed E-state index contributed by atoms with van der Waals surface area (Å²) < 4.78 is 5.26. The molecule has 2 atom stereocenters. The van der Waals surface area contributed by atoms with Crippen molar-refractivity contribution >= 4 is 23.6 Å². The molecule has 3 N–H and O–H groups in total. The van der Waals surface area contributed by atoms with Gasteiger partial charge in [-0.15, -0.1) is 0 Å². The first-order valence-corrected chi connectivity index (χ1v) is 11.9. The predicted octanol–water partition coefficient (Wildman–Crippen LogP) is 3.86. The van der Waals surface area contributed by atoms with Crippen LogP contribution in [0.2, 0.25) is 0 Å². The van der Waals surface area contributed by atoms with Crippen molar-refractivity contribution < 1.29 is 24.2 Å². The van der Waals surface area contributed by atoms with Gasteiger partial charge in [0.15, 0.2) is 0 Å². The number of hydrogen-bond acceptors (Lipinski definition) is 5. The number of rotatable bonds is 8. The second-order valence-electron chi connectivity index (χ2n) is 9.93. The number of benzene rings is 2. The number of aliphatic hydroxyl groups is 1. The van der Waals surface area contributed by atoms with Crippen LogP contribution in [-0.2, 0) is 14.3 Å². The van der Waals surface area contributed by atoms with Crippen LogP contribution in [-0.4, -0.2) is 52.2 Å². The highest BCUT2D eigenvalue weighted by atomic mass is 16.6. The van der Waals surface area contributed by atoms with Gasteiger partial charge in [0.25, 0.3) is 5.91 Å². The van der Waals surface area contributed by atoms with Crippen LogP contribution in [0.15, 0.2) is 48.5 Å². The Kier molecular flexibility index (Phi) is 8.17. The molecule has 8 heteroatoms. The number of alkyl carbamates (subject to hydrolysis) is 1. The van der Waals surface area contributed by atoms with Gasteiger partial charge in [0.1, 0.15) is 17.7 Å². The van der Waals surface area contributed by atoms with E-state index < -0.39 is 36.3 Å². The SMILES string of the molecule is Cc1cccc(C)c1NC(=O)C(c1ccccc1)N(C(=O)C(CO)NC(=O)OC(C)(C)C)C1CC1. The quantitative estimate of drug-likeness (QED) is 0.531. The van der Waals surface area contributed by atoms with E-state index in [0.717, 1.165) is 24.0 Å². The Labute approximate surface area is 206 Å². The van der Waals surface area contributed by atoms with E-state index in [1.165, 1.54) is 4.90 Å². The van der Waals surface area contributed by atoms with Gasteiger partial charge in [-0.3, -0.25) is 9.59 Å². The first-order chi connectivity index (χ1) is 16.5. The minimum Gasteiger partial charge on any atom is -0.444 e. The first-order valence-electron chi connectivity index (χ1n) is 11.9. The summed E-state index contributed by atoms with van der Waals surface area (Å²) in [6, 6.07) is 12.4. The van der Waals surface area contributed by atoms with E-state index in [9.17, 15) is 19.5 Å². The van der Waals surface area contributed by atoms with Crippen molar-refractivity contribution in [2.24, 2.45) is 0 Å². The number of nitrogens with zero attached hydrogens (tertiary/aromatic N) is 1. The molecule has 2 aromatic rings. The van der Waals surface area contributed by atoms with Crippen LogP contribution in [0.3, 0.4) is 0 Å². The highest BCUT2D eigenvalue weighted by Gasteiger charge is 2.44. The van der Waals surface area contributed by atoms with E-state index in [1.807, 2.05) is 50.2 Å². The molecule has 0 heterocycles. The van der Waals surface area contributed by atoms with E-state index in [0.29, 0.717) is 11.3 Å². The number of carbonyl (C=O) groups excluding carboxylic acids is 3. The highest BCUT2D eigenvalue weighted by molar-refractivity contribution is 6.00. The van der Waals surface area contributed by atoms with Crippen LogP contribution in [0.4, 0.5) is 10.5 Å². The van der Waals surface area contributed by atoms with Gasteiger partial charge in [-0.1, -0.05) is 48.5 Å². The zero-order chi connectivity index (χ0) is 25.8. The lowest BCUT2D eigenvalue weighted by molar-refractivity contribution is -0.142. The largest absolute Gasteiger partial charge is 0.444 e. The highest BCUT2D eigenvalue weighted by Crippen LogP contribution is 2.36. The van der Waals surface area contributed by atoms with Gasteiger partial charge in [0.05, 0.1) is 6.61 Å². The standard InChI is InChI=1S/C27H35N3O5/c1-17-10-9-11-18(2)22(17)29-24(32)23(19-12-7-6-8-13-19)30(20-14-15-20)25(33)21(16-31)28-26(34)35-27(3,4)5/h6-13,20-21,23,31H,14-16H2,1-5H3,(H,28,34)(H,29,32). The third-order valence-electron chi connectivity index (χ3n) is 5.74. The van der Waals surface area contributed by atoms with Crippen molar-refractivity contribution in [2.45, 2.75) is 71.2 Å². The number of carbonyl (C=O) groups is 3. The maximum atomic E-state index is 13.7. The van der Waals surface area contributed by atoms with E-state index >= 15 is 0 Å². The molecular formula is C27H35N3O5. The number of hydrogen-bond donors (Lipinski definition) is 3. The van der Waals surface area contributed by atoms with Gasteiger partial charge in [0, 0.05) is 11.7 Å². The van der Waals surface area contributed by atoms with E-state index in [4.69, 9.17) is 4.74 Å². The smallest absolute Gasteiger partial charge is 0.408 e. The molecule has 0 saturated heterocycles.